The molecule has 7 heteroatoms. The summed E-state index contributed by atoms with van der Waals surface area (Å²) in [5, 5.41) is 0.408. The maximum atomic E-state index is 13.6. The van der Waals surface area contributed by atoms with E-state index in [1.54, 1.807) is 12.3 Å². The van der Waals surface area contributed by atoms with Crippen molar-refractivity contribution >= 4 is 38.8 Å². The van der Waals surface area contributed by atoms with Crippen LogP contribution in [0.2, 0.25) is 5.02 Å². The summed E-state index contributed by atoms with van der Waals surface area (Å²) in [7, 11) is -4.15. The van der Waals surface area contributed by atoms with Crippen molar-refractivity contribution in [3.05, 3.63) is 113 Å². The zero-order valence-electron chi connectivity index (χ0n) is 25.9. The van der Waals surface area contributed by atoms with Crippen LogP contribution in [-0.2, 0) is 19.4 Å². The van der Waals surface area contributed by atoms with Crippen molar-refractivity contribution in [1.29, 1.82) is 0 Å². The van der Waals surface area contributed by atoms with Gasteiger partial charge in [0, 0.05) is 22.6 Å². The number of nitrogens with zero attached hydrogens (tertiary/aromatic N) is 1. The van der Waals surface area contributed by atoms with Crippen LogP contribution in [0.3, 0.4) is 0 Å². The van der Waals surface area contributed by atoms with E-state index in [4.69, 9.17) is 16.3 Å². The van der Waals surface area contributed by atoms with E-state index in [0.29, 0.717) is 11.4 Å². The van der Waals surface area contributed by atoms with Gasteiger partial charge in [-0.3, -0.25) is 0 Å². The molecule has 236 valence electrons. The number of unbranched alkanes of at least 4 members (excludes halogenated alkanes) is 11. The molecule has 0 unspecified atom stereocenters. The lowest BCUT2D eigenvalue weighted by Gasteiger charge is -2.20. The zero-order chi connectivity index (χ0) is 31.5. The van der Waals surface area contributed by atoms with Crippen molar-refractivity contribution in [1.82, 2.24) is 0 Å². The van der Waals surface area contributed by atoms with E-state index in [9.17, 15) is 13.2 Å². The van der Waals surface area contributed by atoms with Gasteiger partial charge in [-0.05, 0) is 67.1 Å². The number of esters is 1. The lowest BCUT2D eigenvalue weighted by molar-refractivity contribution is -0.138. The van der Waals surface area contributed by atoms with Crippen LogP contribution in [0.5, 0.6) is 0 Å². The molecule has 0 bridgehead atoms. The predicted octanol–water partition coefficient (Wildman–Crippen LogP) is 10.6. The number of allylic oxidation sites excluding steroid dienone is 2. The van der Waals surface area contributed by atoms with E-state index in [0.717, 1.165) is 24.2 Å². The van der Waals surface area contributed by atoms with Gasteiger partial charge in [0.05, 0.1) is 11.5 Å². The van der Waals surface area contributed by atoms with E-state index in [2.05, 4.69) is 6.92 Å². The number of rotatable bonds is 20. The van der Waals surface area contributed by atoms with Gasteiger partial charge in [0.25, 0.3) is 0 Å². The van der Waals surface area contributed by atoms with Gasteiger partial charge in [0.2, 0.25) is 9.84 Å². The smallest absolute Gasteiger partial charge is 0.350 e. The minimum Gasteiger partial charge on any atom is -0.462 e. The highest BCUT2D eigenvalue weighted by atomic mass is 35.5. The number of anilines is 2. The van der Waals surface area contributed by atoms with Crippen molar-refractivity contribution in [3.63, 3.8) is 0 Å². The van der Waals surface area contributed by atoms with Crippen molar-refractivity contribution < 1.29 is 17.9 Å². The van der Waals surface area contributed by atoms with Crippen LogP contribution in [0.15, 0.2) is 113 Å². The predicted molar refractivity (Wildman–Crippen MR) is 183 cm³/mol. The number of carbonyl (C=O) groups is 1. The van der Waals surface area contributed by atoms with Gasteiger partial charge in [0.15, 0.2) is 4.91 Å². The van der Waals surface area contributed by atoms with Gasteiger partial charge in [-0.25, -0.2) is 13.2 Å². The lowest BCUT2D eigenvalue weighted by Crippen LogP contribution is -2.17. The van der Waals surface area contributed by atoms with E-state index in [1.165, 1.54) is 88.1 Å². The first-order chi connectivity index (χ1) is 21.4. The highest BCUT2D eigenvalue weighted by Crippen LogP contribution is 2.26. The van der Waals surface area contributed by atoms with Crippen LogP contribution in [0.1, 0.15) is 84.0 Å². The molecule has 44 heavy (non-hydrogen) atoms. The van der Waals surface area contributed by atoms with Crippen molar-refractivity contribution in [3.8, 4) is 0 Å². The average Bonchev–Trinajstić information content (AvgIpc) is 3.04. The van der Waals surface area contributed by atoms with Crippen molar-refractivity contribution in [2.75, 3.05) is 11.5 Å². The third-order valence-electron chi connectivity index (χ3n) is 7.40. The topological polar surface area (TPSA) is 63.7 Å². The molecule has 0 heterocycles. The van der Waals surface area contributed by atoms with Crippen LogP contribution in [0.25, 0.3) is 0 Å². The van der Waals surface area contributed by atoms with E-state index >= 15 is 0 Å². The molecular weight excluding hydrogens is 590 g/mol. The molecule has 0 saturated carbocycles. The van der Waals surface area contributed by atoms with Gasteiger partial charge in [0.1, 0.15) is 0 Å². The Morgan fingerprint density at radius 3 is 1.68 bits per heavy atom. The fourth-order valence-corrected chi connectivity index (χ4v) is 6.31. The second-order valence-electron chi connectivity index (χ2n) is 10.9. The Hall–Kier alpha value is -3.35. The Kier molecular flexibility index (Phi) is 15.8. The van der Waals surface area contributed by atoms with Gasteiger partial charge in [-0.15, -0.1) is 0 Å². The third-order valence-corrected chi connectivity index (χ3v) is 9.42. The van der Waals surface area contributed by atoms with Crippen molar-refractivity contribution in [2.45, 2.75) is 88.9 Å². The fourth-order valence-electron chi connectivity index (χ4n) is 4.90. The van der Waals surface area contributed by atoms with Crippen LogP contribution < -0.4 is 4.90 Å². The largest absolute Gasteiger partial charge is 0.462 e. The molecule has 5 nitrogen and oxygen atoms in total. The Morgan fingerprint density at radius 2 is 1.18 bits per heavy atom. The minimum absolute atomic E-state index is 0.0214. The molecule has 0 aliphatic carbocycles. The molecule has 3 aromatic carbocycles. The summed E-state index contributed by atoms with van der Waals surface area (Å²) in [6, 6.07) is 25.2. The first-order valence-corrected chi connectivity index (χ1v) is 17.7. The first kappa shape index (κ1) is 35.1. The minimum atomic E-state index is -4.15. The highest BCUT2D eigenvalue weighted by molar-refractivity contribution is 7.96. The normalized spacial score (nSPS) is 12.0. The number of hydrogen-bond acceptors (Lipinski definition) is 5. The number of benzene rings is 3. The molecule has 3 aromatic rings. The van der Waals surface area contributed by atoms with E-state index in [1.807, 2.05) is 65.6 Å². The molecule has 0 aromatic heterocycles. The molecule has 3 rings (SSSR count). The molecule has 0 spiro atoms. The fraction of sp³-hybridized carbons (Fsp3) is 0.378. The van der Waals surface area contributed by atoms with E-state index < -0.39 is 20.7 Å². The summed E-state index contributed by atoms with van der Waals surface area (Å²) < 4.78 is 32.6. The Balaban J connectivity index is 1.63. The standard InChI is InChI=1S/C37H46ClNO4S/c1-2-3-4-5-6-7-8-9-10-11-12-19-31-43-37(40)36(44(41,42)35-28-26-32(38)27-29-35)25-20-30-39(33-21-15-13-16-22-33)34-23-17-14-18-24-34/h13-18,20-30H,2-12,19,31H2,1H3. The summed E-state index contributed by atoms with van der Waals surface area (Å²) >= 11 is 5.99. The van der Waals surface area contributed by atoms with E-state index in [-0.39, 0.29) is 11.5 Å². The second-order valence-corrected chi connectivity index (χ2v) is 13.3. The summed E-state index contributed by atoms with van der Waals surface area (Å²) in [5.74, 6) is -0.862. The SMILES string of the molecule is CCCCCCCCCCCCCCOC(=O)C(=CC=CN(c1ccccc1)c1ccccc1)S(=O)(=O)c1ccc(Cl)cc1. The number of carbonyl (C=O) groups excluding carboxylic acids is 1. The summed E-state index contributed by atoms with van der Waals surface area (Å²) in [5.41, 5.74) is 1.78. The Bertz CT molecular complexity index is 1370. The molecule has 0 aliphatic heterocycles. The lowest BCUT2D eigenvalue weighted by atomic mass is 10.1. The first-order valence-electron chi connectivity index (χ1n) is 15.9. The number of halogens is 1. The average molecular weight is 636 g/mol. The van der Waals surface area contributed by atoms with Crippen LogP contribution >= 0.6 is 11.6 Å². The number of ether oxygens (including phenoxy) is 1. The molecule has 0 fully saturated rings. The molecular formula is C37H46ClNO4S. The summed E-state index contributed by atoms with van der Waals surface area (Å²) in [4.78, 5) is 14.7. The van der Waals surface area contributed by atoms with Crippen molar-refractivity contribution in [2.24, 2.45) is 0 Å². The zero-order valence-corrected chi connectivity index (χ0v) is 27.4. The monoisotopic (exact) mass is 635 g/mol. The maximum absolute atomic E-state index is 13.6. The third kappa shape index (κ3) is 12.0. The van der Waals surface area contributed by atoms with Crippen LogP contribution in [-0.4, -0.2) is 21.0 Å². The number of hydrogen-bond donors (Lipinski definition) is 0. The Labute approximate surface area is 269 Å². The highest BCUT2D eigenvalue weighted by Gasteiger charge is 2.28. The summed E-state index contributed by atoms with van der Waals surface area (Å²) in [6.45, 7) is 2.42. The van der Waals surface area contributed by atoms with Crippen LogP contribution in [0, 0.1) is 0 Å². The molecule has 0 aliphatic rings. The molecule has 0 radical (unpaired) electrons. The number of sulfone groups is 1. The van der Waals surface area contributed by atoms with Gasteiger partial charge in [-0.2, -0.15) is 0 Å². The van der Waals surface area contributed by atoms with Gasteiger partial charge in [-0.1, -0.05) is 126 Å². The number of para-hydroxylation sites is 2. The van der Waals surface area contributed by atoms with Crippen LogP contribution in [0.4, 0.5) is 11.4 Å². The summed E-state index contributed by atoms with van der Waals surface area (Å²) in [6.07, 6.45) is 19.0. The van der Waals surface area contributed by atoms with Gasteiger partial charge < -0.3 is 9.64 Å². The molecule has 0 amide bonds. The van der Waals surface area contributed by atoms with Gasteiger partial charge >= 0.3 is 5.97 Å². The molecule has 0 saturated heterocycles. The maximum Gasteiger partial charge on any atom is 0.350 e. The Morgan fingerprint density at radius 1 is 0.705 bits per heavy atom. The quantitative estimate of drug-likeness (QED) is 0.0535. The molecule has 0 N–H and O–H groups in total. The second kappa shape index (κ2) is 19.8. The molecule has 0 atom stereocenters.